The van der Waals surface area contributed by atoms with E-state index in [0.29, 0.717) is 16.6 Å². The van der Waals surface area contributed by atoms with Gasteiger partial charge in [-0.2, -0.15) is 5.10 Å². The fraction of sp³-hybridized carbons (Fsp3) is 0.421. The van der Waals surface area contributed by atoms with Gasteiger partial charge in [-0.05, 0) is 31.9 Å². The highest BCUT2D eigenvalue weighted by Crippen LogP contribution is 2.33. The number of aromatic nitrogens is 4. The largest absolute Gasteiger partial charge is 0.348 e. The van der Waals surface area contributed by atoms with Gasteiger partial charge in [0.1, 0.15) is 17.2 Å². The minimum Gasteiger partial charge on any atom is -0.348 e. The van der Waals surface area contributed by atoms with Gasteiger partial charge in [-0.3, -0.25) is 9.89 Å². The first-order valence-corrected chi connectivity index (χ1v) is 9.10. The van der Waals surface area contributed by atoms with Gasteiger partial charge in [0.2, 0.25) is 5.92 Å². The average Bonchev–Trinajstić information content (AvgIpc) is 3.21. The molecule has 0 spiro atoms. The molecular formula is C19H20F3N5O. The molecule has 1 saturated carbocycles. The number of hydrogen-bond donors (Lipinski definition) is 2. The molecule has 148 valence electrons. The summed E-state index contributed by atoms with van der Waals surface area (Å²) in [6.07, 6.45) is 1.54. The van der Waals surface area contributed by atoms with Crippen molar-refractivity contribution in [2.75, 3.05) is 0 Å². The Morgan fingerprint density at radius 1 is 1.32 bits per heavy atom. The molecule has 0 radical (unpaired) electrons. The predicted molar refractivity (Wildman–Crippen MR) is 97.7 cm³/mol. The highest BCUT2D eigenvalue weighted by molar-refractivity contribution is 6.05. The van der Waals surface area contributed by atoms with Crippen molar-refractivity contribution in [3.05, 3.63) is 35.7 Å². The maximum atomic E-state index is 14.6. The summed E-state index contributed by atoms with van der Waals surface area (Å²) < 4.78 is 43.0. The molecule has 0 unspecified atom stereocenters. The third kappa shape index (κ3) is 3.25. The van der Waals surface area contributed by atoms with Gasteiger partial charge in [0.15, 0.2) is 5.69 Å². The number of nitrogens with one attached hydrogen (secondary N) is 2. The Labute approximate surface area is 159 Å². The van der Waals surface area contributed by atoms with Gasteiger partial charge in [-0.15, -0.1) is 0 Å². The third-order valence-corrected chi connectivity index (χ3v) is 5.41. The number of nitrogens with zero attached hydrogens (tertiary/aromatic N) is 3. The van der Waals surface area contributed by atoms with E-state index < -0.39 is 17.6 Å². The molecule has 2 heterocycles. The van der Waals surface area contributed by atoms with E-state index in [0.717, 1.165) is 5.82 Å². The van der Waals surface area contributed by atoms with E-state index in [-0.39, 0.29) is 42.9 Å². The van der Waals surface area contributed by atoms with E-state index in [2.05, 4.69) is 20.5 Å². The summed E-state index contributed by atoms with van der Waals surface area (Å²) in [5.41, 5.74) is 1.45. The van der Waals surface area contributed by atoms with E-state index in [4.69, 9.17) is 0 Å². The number of carbonyl (C=O) groups excluding carboxylic acids is 1. The Balaban J connectivity index is 1.64. The van der Waals surface area contributed by atoms with Crippen molar-refractivity contribution in [1.82, 2.24) is 25.1 Å². The first kappa shape index (κ1) is 18.5. The molecule has 1 aliphatic rings. The third-order valence-electron chi connectivity index (χ3n) is 5.41. The summed E-state index contributed by atoms with van der Waals surface area (Å²) in [6.45, 7) is 1.84. The van der Waals surface area contributed by atoms with Crippen molar-refractivity contribution >= 4 is 16.8 Å². The van der Waals surface area contributed by atoms with Gasteiger partial charge in [0.25, 0.3) is 5.91 Å². The summed E-state index contributed by atoms with van der Waals surface area (Å²) >= 11 is 0. The summed E-state index contributed by atoms with van der Waals surface area (Å²) in [5.74, 6) is -2.93. The molecule has 0 bridgehead atoms. The number of amides is 1. The van der Waals surface area contributed by atoms with Crippen LogP contribution in [-0.2, 0) is 7.05 Å². The van der Waals surface area contributed by atoms with Crippen molar-refractivity contribution in [3.63, 3.8) is 0 Å². The number of benzene rings is 1. The van der Waals surface area contributed by atoms with Crippen LogP contribution in [0.1, 0.15) is 42.0 Å². The lowest BCUT2D eigenvalue weighted by Crippen LogP contribution is -2.40. The molecule has 0 atom stereocenters. The number of alkyl halides is 2. The number of hydrogen-bond acceptors (Lipinski definition) is 3. The maximum Gasteiger partial charge on any atom is 0.272 e. The number of fused-ring (bicyclic) bond motifs is 1. The van der Waals surface area contributed by atoms with Crippen molar-refractivity contribution in [2.24, 2.45) is 7.05 Å². The number of aromatic amines is 1. The fourth-order valence-corrected chi connectivity index (χ4v) is 3.61. The molecule has 3 aromatic rings. The zero-order valence-electron chi connectivity index (χ0n) is 15.5. The molecule has 0 aliphatic heterocycles. The summed E-state index contributed by atoms with van der Waals surface area (Å²) in [5, 5.41) is 9.61. The van der Waals surface area contributed by atoms with Crippen LogP contribution in [0.3, 0.4) is 0 Å². The highest BCUT2D eigenvalue weighted by atomic mass is 19.3. The van der Waals surface area contributed by atoms with Crippen molar-refractivity contribution < 1.29 is 18.0 Å². The molecule has 2 N–H and O–H groups in total. The molecule has 9 heteroatoms. The number of H-pyrrole nitrogens is 1. The van der Waals surface area contributed by atoms with E-state index in [9.17, 15) is 18.0 Å². The molecule has 28 heavy (non-hydrogen) atoms. The molecule has 4 rings (SSSR count). The lowest BCUT2D eigenvalue weighted by atomic mass is 9.92. The van der Waals surface area contributed by atoms with Crippen LogP contribution in [0.15, 0.2) is 18.3 Å². The molecule has 1 fully saturated rings. The average molecular weight is 391 g/mol. The Bertz CT molecular complexity index is 1050. The smallest absolute Gasteiger partial charge is 0.272 e. The molecule has 1 aliphatic carbocycles. The minimum atomic E-state index is -2.67. The summed E-state index contributed by atoms with van der Waals surface area (Å²) in [7, 11) is 1.82. The normalized spacial score (nSPS) is 17.2. The first-order valence-electron chi connectivity index (χ1n) is 9.10. The lowest BCUT2D eigenvalue weighted by molar-refractivity contribution is -0.0399. The SMILES string of the molecule is Cc1ncc(-c2cc(F)c3[nH]nc(C(=O)NC4CCC(F)(F)CC4)c3c2)n1C. The molecule has 1 amide bonds. The zero-order valence-corrected chi connectivity index (χ0v) is 15.5. The molecule has 6 nitrogen and oxygen atoms in total. The number of carbonyl (C=O) groups is 1. The lowest BCUT2D eigenvalue weighted by Gasteiger charge is -2.28. The Hall–Kier alpha value is -2.84. The van der Waals surface area contributed by atoms with Gasteiger partial charge >= 0.3 is 0 Å². The number of imidazole rings is 1. The van der Waals surface area contributed by atoms with Gasteiger partial charge < -0.3 is 9.88 Å². The van der Waals surface area contributed by atoms with Crippen LogP contribution in [0.2, 0.25) is 0 Å². The van der Waals surface area contributed by atoms with E-state index in [1.54, 1.807) is 12.3 Å². The Kier molecular flexibility index (Phi) is 4.40. The van der Waals surface area contributed by atoms with E-state index >= 15 is 0 Å². The van der Waals surface area contributed by atoms with Crippen LogP contribution < -0.4 is 5.32 Å². The topological polar surface area (TPSA) is 75.6 Å². The van der Waals surface area contributed by atoms with Crippen LogP contribution in [0.25, 0.3) is 22.2 Å². The predicted octanol–water partition coefficient (Wildman–Crippen LogP) is 3.72. The minimum absolute atomic E-state index is 0.0481. The van der Waals surface area contributed by atoms with Gasteiger partial charge in [-0.25, -0.2) is 18.2 Å². The van der Waals surface area contributed by atoms with Crippen LogP contribution in [0.5, 0.6) is 0 Å². The summed E-state index contributed by atoms with van der Waals surface area (Å²) in [4.78, 5) is 16.9. The fourth-order valence-electron chi connectivity index (χ4n) is 3.61. The molecule has 2 aromatic heterocycles. The second-order valence-corrected chi connectivity index (χ2v) is 7.31. The van der Waals surface area contributed by atoms with Gasteiger partial charge in [0, 0.05) is 36.9 Å². The van der Waals surface area contributed by atoms with Gasteiger partial charge in [0.05, 0.1) is 11.9 Å². The molecular weight excluding hydrogens is 371 g/mol. The monoisotopic (exact) mass is 391 g/mol. The van der Waals surface area contributed by atoms with E-state index in [1.165, 1.54) is 6.07 Å². The van der Waals surface area contributed by atoms with Crippen LogP contribution in [0.4, 0.5) is 13.2 Å². The van der Waals surface area contributed by atoms with Crippen molar-refractivity contribution in [1.29, 1.82) is 0 Å². The molecule has 1 aromatic carbocycles. The van der Waals surface area contributed by atoms with E-state index in [1.807, 2.05) is 18.5 Å². The van der Waals surface area contributed by atoms with Gasteiger partial charge in [-0.1, -0.05) is 0 Å². The highest BCUT2D eigenvalue weighted by Gasteiger charge is 2.35. The Morgan fingerprint density at radius 2 is 2.04 bits per heavy atom. The second-order valence-electron chi connectivity index (χ2n) is 7.31. The maximum absolute atomic E-state index is 14.6. The quantitative estimate of drug-likeness (QED) is 0.715. The second kappa shape index (κ2) is 6.65. The van der Waals surface area contributed by atoms with Crippen LogP contribution in [-0.4, -0.2) is 37.6 Å². The van der Waals surface area contributed by atoms with Crippen molar-refractivity contribution in [2.45, 2.75) is 44.6 Å². The van der Waals surface area contributed by atoms with Crippen molar-refractivity contribution in [3.8, 4) is 11.3 Å². The standard InChI is InChI=1S/C19H20F3N5O/c1-10-23-9-15(27(10)2)11-7-13-16(14(20)8-11)25-26-17(13)18(28)24-12-3-5-19(21,22)6-4-12/h7-9,12H,3-6H2,1-2H3,(H,24,28)(H,25,26). The number of halogens is 3. The molecule has 0 saturated heterocycles. The van der Waals surface area contributed by atoms with Crippen LogP contribution >= 0.6 is 0 Å². The number of rotatable bonds is 3. The summed E-state index contributed by atoms with van der Waals surface area (Å²) in [6, 6.07) is 2.70. The first-order chi connectivity index (χ1) is 13.2. The van der Waals surface area contributed by atoms with Crippen LogP contribution in [0, 0.1) is 12.7 Å². The number of aryl methyl sites for hydroxylation is 1. The zero-order chi connectivity index (χ0) is 20.1. The Morgan fingerprint density at radius 3 is 2.68 bits per heavy atom.